The summed E-state index contributed by atoms with van der Waals surface area (Å²) in [5.41, 5.74) is 1.14. The number of benzene rings is 1. The molecule has 0 atom stereocenters. The van der Waals surface area contributed by atoms with Gasteiger partial charge < -0.3 is 14.4 Å². The van der Waals surface area contributed by atoms with Crippen LogP contribution in [0, 0.1) is 0 Å². The highest BCUT2D eigenvalue weighted by Crippen LogP contribution is 2.13. The van der Waals surface area contributed by atoms with Crippen LogP contribution >= 0.6 is 11.6 Å². The fourth-order valence-corrected chi connectivity index (χ4v) is 1.73. The van der Waals surface area contributed by atoms with E-state index < -0.39 is 0 Å². The number of ether oxygens (including phenoxy) is 2. The minimum Gasteiger partial charge on any atom is -0.497 e. The van der Waals surface area contributed by atoms with Gasteiger partial charge in [0.05, 0.1) is 20.3 Å². The van der Waals surface area contributed by atoms with E-state index in [0.717, 1.165) is 43.3 Å². The molecule has 0 saturated carbocycles. The lowest BCUT2D eigenvalue weighted by atomic mass is 10.2. The third kappa shape index (κ3) is 6.24. The molecule has 0 unspecified atom stereocenters. The minimum absolute atomic E-state index is 0.626. The van der Waals surface area contributed by atoms with Crippen molar-refractivity contribution in [2.24, 2.45) is 0 Å². The van der Waals surface area contributed by atoms with Crippen LogP contribution in [0.1, 0.15) is 12.0 Å². The molecule has 102 valence electrons. The van der Waals surface area contributed by atoms with Crippen molar-refractivity contribution in [3.8, 4) is 5.75 Å². The zero-order valence-corrected chi connectivity index (χ0v) is 11.9. The van der Waals surface area contributed by atoms with Crippen molar-refractivity contribution in [1.29, 1.82) is 0 Å². The van der Waals surface area contributed by atoms with E-state index in [2.05, 4.69) is 11.9 Å². The Morgan fingerprint density at radius 2 is 2.11 bits per heavy atom. The number of hydrogen-bond donors (Lipinski definition) is 0. The molecule has 18 heavy (non-hydrogen) atoms. The number of rotatable bonds is 9. The van der Waals surface area contributed by atoms with E-state index in [1.54, 1.807) is 7.11 Å². The van der Waals surface area contributed by atoms with Crippen LogP contribution in [0.4, 0.5) is 0 Å². The number of nitrogens with zero attached hydrogens (tertiary/aromatic N) is 1. The number of hydrogen-bond acceptors (Lipinski definition) is 3. The van der Waals surface area contributed by atoms with Gasteiger partial charge in [0.1, 0.15) is 5.75 Å². The Morgan fingerprint density at radius 3 is 2.83 bits per heavy atom. The lowest BCUT2D eigenvalue weighted by molar-refractivity contribution is 0.0996. The van der Waals surface area contributed by atoms with Gasteiger partial charge in [0.25, 0.3) is 0 Å². The molecule has 0 aliphatic heterocycles. The van der Waals surface area contributed by atoms with E-state index in [0.29, 0.717) is 6.61 Å². The molecule has 1 aromatic carbocycles. The van der Waals surface area contributed by atoms with Gasteiger partial charge in [-0.15, -0.1) is 11.6 Å². The molecular weight excluding hydrogens is 250 g/mol. The van der Waals surface area contributed by atoms with Gasteiger partial charge in [0.2, 0.25) is 0 Å². The van der Waals surface area contributed by atoms with Crippen molar-refractivity contribution < 1.29 is 9.47 Å². The molecule has 0 spiro atoms. The summed E-state index contributed by atoms with van der Waals surface area (Å²) in [5.74, 6) is 1.59. The highest BCUT2D eigenvalue weighted by atomic mass is 35.5. The lowest BCUT2D eigenvalue weighted by Gasteiger charge is -2.15. The van der Waals surface area contributed by atoms with Gasteiger partial charge in [-0.05, 0) is 37.7 Å². The summed E-state index contributed by atoms with van der Waals surface area (Å²) in [5, 5.41) is 0. The summed E-state index contributed by atoms with van der Waals surface area (Å²) in [6, 6.07) is 7.95. The number of methoxy groups -OCH3 is 1. The second-order valence-electron chi connectivity index (χ2n) is 4.25. The normalized spacial score (nSPS) is 10.9. The first kappa shape index (κ1) is 15.3. The van der Waals surface area contributed by atoms with Crippen molar-refractivity contribution in [2.45, 2.75) is 13.0 Å². The Morgan fingerprint density at radius 1 is 1.28 bits per heavy atom. The molecule has 0 heterocycles. The summed E-state index contributed by atoms with van der Waals surface area (Å²) in [7, 11) is 3.76. The van der Waals surface area contributed by atoms with Crippen LogP contribution in [0.15, 0.2) is 24.3 Å². The maximum absolute atomic E-state index is 5.65. The first-order chi connectivity index (χ1) is 8.76. The zero-order valence-electron chi connectivity index (χ0n) is 11.2. The Labute approximate surface area is 115 Å². The average Bonchev–Trinajstić information content (AvgIpc) is 2.41. The maximum atomic E-state index is 5.65. The van der Waals surface area contributed by atoms with Gasteiger partial charge in [0.15, 0.2) is 0 Å². The SMILES string of the molecule is COc1cccc(COCCN(C)CCCCl)c1. The van der Waals surface area contributed by atoms with Crippen molar-refractivity contribution in [2.75, 3.05) is 39.7 Å². The molecule has 0 amide bonds. The highest BCUT2D eigenvalue weighted by molar-refractivity contribution is 6.17. The Balaban J connectivity index is 2.17. The Hall–Kier alpha value is -0.770. The van der Waals surface area contributed by atoms with Gasteiger partial charge in [-0.1, -0.05) is 12.1 Å². The molecular formula is C14H22ClNO2. The summed E-state index contributed by atoms with van der Waals surface area (Å²) in [6.07, 6.45) is 1.02. The fourth-order valence-electron chi connectivity index (χ4n) is 1.61. The number of alkyl halides is 1. The summed E-state index contributed by atoms with van der Waals surface area (Å²) < 4.78 is 10.8. The third-order valence-corrected chi connectivity index (χ3v) is 2.96. The van der Waals surface area contributed by atoms with Crippen LogP contribution in [0.2, 0.25) is 0 Å². The van der Waals surface area contributed by atoms with E-state index in [9.17, 15) is 0 Å². The third-order valence-electron chi connectivity index (χ3n) is 2.69. The number of likely N-dealkylation sites (N-methyl/N-ethyl adjacent to an activating group) is 1. The smallest absolute Gasteiger partial charge is 0.119 e. The van der Waals surface area contributed by atoms with E-state index in [1.807, 2.05) is 24.3 Å². The van der Waals surface area contributed by atoms with Crippen molar-refractivity contribution in [3.05, 3.63) is 29.8 Å². The lowest BCUT2D eigenvalue weighted by Crippen LogP contribution is -2.24. The quantitative estimate of drug-likeness (QED) is 0.509. The molecule has 4 heteroatoms. The maximum Gasteiger partial charge on any atom is 0.119 e. The summed E-state index contributed by atoms with van der Waals surface area (Å²) in [6.45, 7) is 3.31. The van der Waals surface area contributed by atoms with Crippen molar-refractivity contribution >= 4 is 11.6 Å². The second kappa shape index (κ2) is 9.20. The summed E-state index contributed by atoms with van der Waals surface area (Å²) in [4.78, 5) is 2.23. The molecule has 0 aromatic heterocycles. The van der Waals surface area contributed by atoms with Crippen LogP contribution in [-0.4, -0.2) is 44.6 Å². The fraction of sp³-hybridized carbons (Fsp3) is 0.571. The van der Waals surface area contributed by atoms with Crippen molar-refractivity contribution in [3.63, 3.8) is 0 Å². The molecule has 1 aromatic rings. The molecule has 0 N–H and O–H groups in total. The zero-order chi connectivity index (χ0) is 13.2. The first-order valence-electron chi connectivity index (χ1n) is 6.21. The largest absolute Gasteiger partial charge is 0.497 e. The van der Waals surface area contributed by atoms with E-state index in [1.165, 1.54) is 0 Å². The molecule has 0 saturated heterocycles. The topological polar surface area (TPSA) is 21.7 Å². The van der Waals surface area contributed by atoms with Crippen molar-refractivity contribution in [1.82, 2.24) is 4.90 Å². The van der Waals surface area contributed by atoms with Gasteiger partial charge in [-0.3, -0.25) is 0 Å². The predicted molar refractivity (Wildman–Crippen MR) is 75.5 cm³/mol. The second-order valence-corrected chi connectivity index (χ2v) is 4.63. The van der Waals surface area contributed by atoms with Crippen LogP contribution < -0.4 is 4.74 Å². The predicted octanol–water partition coefficient (Wildman–Crippen LogP) is 2.77. The molecule has 0 fully saturated rings. The summed E-state index contributed by atoms with van der Waals surface area (Å²) >= 11 is 5.65. The van der Waals surface area contributed by atoms with E-state index >= 15 is 0 Å². The highest BCUT2D eigenvalue weighted by Gasteiger charge is 1.99. The molecule has 1 rings (SSSR count). The van der Waals surface area contributed by atoms with Gasteiger partial charge >= 0.3 is 0 Å². The van der Waals surface area contributed by atoms with Gasteiger partial charge in [-0.25, -0.2) is 0 Å². The monoisotopic (exact) mass is 271 g/mol. The Bertz CT molecular complexity index is 333. The van der Waals surface area contributed by atoms with Crippen LogP contribution in [0.5, 0.6) is 5.75 Å². The van der Waals surface area contributed by atoms with Crippen LogP contribution in [-0.2, 0) is 11.3 Å². The van der Waals surface area contributed by atoms with Crippen LogP contribution in [0.3, 0.4) is 0 Å². The number of halogens is 1. The van der Waals surface area contributed by atoms with Crippen LogP contribution in [0.25, 0.3) is 0 Å². The van der Waals surface area contributed by atoms with E-state index in [-0.39, 0.29) is 0 Å². The molecule has 0 aliphatic carbocycles. The molecule has 0 aliphatic rings. The van der Waals surface area contributed by atoms with E-state index in [4.69, 9.17) is 21.1 Å². The van der Waals surface area contributed by atoms with Gasteiger partial charge in [-0.2, -0.15) is 0 Å². The first-order valence-corrected chi connectivity index (χ1v) is 6.75. The molecule has 0 bridgehead atoms. The Kier molecular flexibility index (Phi) is 7.81. The molecule has 0 radical (unpaired) electrons. The standard InChI is InChI=1S/C14H22ClNO2/c1-16(8-4-7-15)9-10-18-12-13-5-3-6-14(11-13)17-2/h3,5-6,11H,4,7-10,12H2,1-2H3. The average molecular weight is 272 g/mol. The minimum atomic E-state index is 0.626. The molecule has 3 nitrogen and oxygen atoms in total. The van der Waals surface area contributed by atoms with Gasteiger partial charge in [0, 0.05) is 12.4 Å².